The second-order valence-electron chi connectivity index (χ2n) is 7.11. The largest absolute Gasteiger partial charge is 0.481 e. The summed E-state index contributed by atoms with van der Waals surface area (Å²) in [7, 11) is 0. The third-order valence-electron chi connectivity index (χ3n) is 6.33. The minimum Gasteiger partial charge on any atom is -0.481 e. The Kier molecular flexibility index (Phi) is 2.48. The third-order valence-corrected chi connectivity index (χ3v) is 6.33. The van der Waals surface area contributed by atoms with Gasteiger partial charge >= 0.3 is 5.97 Å². The van der Waals surface area contributed by atoms with Gasteiger partial charge in [0.05, 0.1) is 5.92 Å². The van der Waals surface area contributed by atoms with Gasteiger partial charge in [0.1, 0.15) is 0 Å². The van der Waals surface area contributed by atoms with Gasteiger partial charge in [0, 0.05) is 18.6 Å². The van der Waals surface area contributed by atoms with Gasteiger partial charge in [0.25, 0.3) is 0 Å². The van der Waals surface area contributed by atoms with Crippen molar-refractivity contribution in [1.82, 2.24) is 4.90 Å². The lowest BCUT2D eigenvalue weighted by Gasteiger charge is -2.30. The molecule has 4 bridgehead atoms. The highest BCUT2D eigenvalue weighted by atomic mass is 16.4. The Morgan fingerprint density at radius 2 is 2.00 bits per heavy atom. The number of carboxylic acid groups (broad SMARTS) is 1. The average Bonchev–Trinajstić information content (AvgIpc) is 3.09. The predicted molar refractivity (Wildman–Crippen MR) is 68.2 cm³/mol. The summed E-state index contributed by atoms with van der Waals surface area (Å²) < 4.78 is 0. The van der Waals surface area contributed by atoms with Crippen molar-refractivity contribution in [2.75, 3.05) is 6.54 Å². The molecule has 4 aliphatic rings. The number of aliphatic carboxylic acids is 1. The minimum absolute atomic E-state index is 0.0673. The Hall–Kier alpha value is -0.570. The van der Waals surface area contributed by atoms with Crippen LogP contribution in [-0.4, -0.2) is 34.6 Å². The van der Waals surface area contributed by atoms with E-state index >= 15 is 0 Å². The second-order valence-corrected chi connectivity index (χ2v) is 7.11. The van der Waals surface area contributed by atoms with Gasteiger partial charge in [0.2, 0.25) is 0 Å². The highest BCUT2D eigenvalue weighted by Crippen LogP contribution is 2.50. The normalized spacial score (nSPS) is 50.2. The fraction of sp³-hybridized carbons (Fsp3) is 0.933. The van der Waals surface area contributed by atoms with Gasteiger partial charge in [-0.05, 0) is 56.3 Å². The van der Waals surface area contributed by atoms with Gasteiger partial charge < -0.3 is 5.11 Å². The van der Waals surface area contributed by atoms with Crippen LogP contribution in [0.15, 0.2) is 0 Å². The van der Waals surface area contributed by atoms with Crippen LogP contribution in [0, 0.1) is 23.7 Å². The molecule has 3 heteroatoms. The molecule has 6 atom stereocenters. The zero-order chi connectivity index (χ0) is 12.3. The second kappa shape index (κ2) is 3.96. The fourth-order valence-corrected chi connectivity index (χ4v) is 5.52. The summed E-state index contributed by atoms with van der Waals surface area (Å²) in [5.74, 6) is 2.25. The first kappa shape index (κ1) is 11.3. The molecule has 6 unspecified atom stereocenters. The maximum absolute atomic E-state index is 11.3. The van der Waals surface area contributed by atoms with E-state index in [-0.39, 0.29) is 5.92 Å². The van der Waals surface area contributed by atoms with Gasteiger partial charge in [-0.3, -0.25) is 9.69 Å². The molecule has 0 spiro atoms. The summed E-state index contributed by atoms with van der Waals surface area (Å²) in [5.41, 5.74) is 0. The molecule has 2 aliphatic carbocycles. The first-order chi connectivity index (χ1) is 8.72. The van der Waals surface area contributed by atoms with Crippen LogP contribution in [0.25, 0.3) is 0 Å². The SMILES string of the molecule is O=C(O)C1CC2CCC1N2CC1CC2CCC1C2. The molecule has 4 rings (SSSR count). The third kappa shape index (κ3) is 1.56. The van der Waals surface area contributed by atoms with Crippen molar-refractivity contribution in [2.24, 2.45) is 23.7 Å². The summed E-state index contributed by atoms with van der Waals surface area (Å²) in [4.78, 5) is 13.9. The Morgan fingerprint density at radius 1 is 1.11 bits per heavy atom. The van der Waals surface area contributed by atoms with Crippen LogP contribution < -0.4 is 0 Å². The van der Waals surface area contributed by atoms with Crippen molar-refractivity contribution in [3.63, 3.8) is 0 Å². The summed E-state index contributed by atoms with van der Waals surface area (Å²) >= 11 is 0. The molecule has 4 fully saturated rings. The highest BCUT2D eigenvalue weighted by molar-refractivity contribution is 5.71. The Bertz CT molecular complexity index is 370. The van der Waals surface area contributed by atoms with Crippen molar-refractivity contribution >= 4 is 5.97 Å². The van der Waals surface area contributed by atoms with E-state index in [4.69, 9.17) is 0 Å². The van der Waals surface area contributed by atoms with E-state index in [1.54, 1.807) is 0 Å². The smallest absolute Gasteiger partial charge is 0.308 e. The molecule has 0 amide bonds. The number of hydrogen-bond acceptors (Lipinski definition) is 2. The van der Waals surface area contributed by atoms with Gasteiger partial charge in [-0.2, -0.15) is 0 Å². The summed E-state index contributed by atoms with van der Waals surface area (Å²) in [6.45, 7) is 1.21. The topological polar surface area (TPSA) is 40.5 Å². The number of nitrogens with zero attached hydrogens (tertiary/aromatic N) is 1. The predicted octanol–water partition coefficient (Wildman–Crippen LogP) is 2.36. The molecular weight excluding hydrogens is 226 g/mol. The maximum Gasteiger partial charge on any atom is 0.308 e. The van der Waals surface area contributed by atoms with E-state index in [9.17, 15) is 9.90 Å². The number of carboxylic acids is 1. The summed E-state index contributed by atoms with van der Waals surface area (Å²) in [5, 5.41) is 9.29. The van der Waals surface area contributed by atoms with Crippen molar-refractivity contribution in [3.05, 3.63) is 0 Å². The first-order valence-electron chi connectivity index (χ1n) is 7.71. The lowest BCUT2D eigenvalue weighted by atomic mass is 9.88. The van der Waals surface area contributed by atoms with Crippen LogP contribution in [0.1, 0.15) is 44.9 Å². The van der Waals surface area contributed by atoms with Crippen molar-refractivity contribution in [3.8, 4) is 0 Å². The van der Waals surface area contributed by atoms with E-state index < -0.39 is 5.97 Å². The molecule has 2 aliphatic heterocycles. The van der Waals surface area contributed by atoms with Crippen LogP contribution in [0.4, 0.5) is 0 Å². The van der Waals surface area contributed by atoms with E-state index in [0.717, 1.165) is 30.6 Å². The van der Waals surface area contributed by atoms with Crippen LogP contribution >= 0.6 is 0 Å². The number of hydrogen-bond donors (Lipinski definition) is 1. The van der Waals surface area contributed by atoms with E-state index in [0.29, 0.717) is 12.1 Å². The quantitative estimate of drug-likeness (QED) is 0.834. The first-order valence-corrected chi connectivity index (χ1v) is 7.71. The van der Waals surface area contributed by atoms with Crippen molar-refractivity contribution in [2.45, 2.75) is 57.0 Å². The molecule has 0 aromatic carbocycles. The van der Waals surface area contributed by atoms with Crippen LogP contribution in [0.2, 0.25) is 0 Å². The highest BCUT2D eigenvalue weighted by Gasteiger charge is 2.51. The number of carbonyl (C=O) groups is 1. The lowest BCUT2D eigenvalue weighted by Crippen LogP contribution is -2.37. The fourth-order valence-electron chi connectivity index (χ4n) is 5.52. The lowest BCUT2D eigenvalue weighted by molar-refractivity contribution is -0.142. The zero-order valence-electron chi connectivity index (χ0n) is 10.9. The van der Waals surface area contributed by atoms with Crippen LogP contribution in [0.5, 0.6) is 0 Å². The zero-order valence-corrected chi connectivity index (χ0v) is 10.9. The molecular formula is C15H23NO2. The Labute approximate surface area is 109 Å². The van der Waals surface area contributed by atoms with Gasteiger partial charge in [0.15, 0.2) is 0 Å². The number of rotatable bonds is 3. The molecule has 0 aromatic heterocycles. The van der Waals surface area contributed by atoms with E-state index in [2.05, 4.69) is 4.90 Å². The molecule has 2 saturated heterocycles. The Morgan fingerprint density at radius 3 is 2.61 bits per heavy atom. The van der Waals surface area contributed by atoms with Crippen LogP contribution in [-0.2, 0) is 4.79 Å². The minimum atomic E-state index is -0.555. The van der Waals surface area contributed by atoms with E-state index in [1.807, 2.05) is 0 Å². The monoisotopic (exact) mass is 249 g/mol. The Balaban J connectivity index is 1.45. The van der Waals surface area contributed by atoms with Crippen molar-refractivity contribution in [1.29, 1.82) is 0 Å². The summed E-state index contributed by atoms with van der Waals surface area (Å²) in [6.07, 6.45) is 9.10. The molecule has 2 saturated carbocycles. The number of fused-ring (bicyclic) bond motifs is 4. The van der Waals surface area contributed by atoms with Crippen molar-refractivity contribution < 1.29 is 9.90 Å². The average molecular weight is 249 g/mol. The molecule has 2 heterocycles. The molecule has 0 aromatic rings. The molecule has 3 nitrogen and oxygen atoms in total. The van der Waals surface area contributed by atoms with Gasteiger partial charge in [-0.25, -0.2) is 0 Å². The summed E-state index contributed by atoms with van der Waals surface area (Å²) in [6, 6.07) is 0.960. The molecule has 1 N–H and O–H groups in total. The van der Waals surface area contributed by atoms with Gasteiger partial charge in [-0.15, -0.1) is 0 Å². The van der Waals surface area contributed by atoms with Crippen LogP contribution in [0.3, 0.4) is 0 Å². The molecule has 0 radical (unpaired) electrons. The molecule has 100 valence electrons. The standard InChI is InChI=1S/C15H23NO2/c17-15(18)13-7-12-3-4-14(13)16(12)8-11-6-9-1-2-10(11)5-9/h9-14H,1-8H2,(H,17,18). The van der Waals surface area contributed by atoms with Gasteiger partial charge in [-0.1, -0.05) is 6.42 Å². The van der Waals surface area contributed by atoms with E-state index in [1.165, 1.54) is 38.6 Å². The maximum atomic E-state index is 11.3. The molecule has 18 heavy (non-hydrogen) atoms.